The first-order chi connectivity index (χ1) is 15.6. The van der Waals surface area contributed by atoms with Gasteiger partial charge in [0, 0.05) is 43.8 Å². The number of nitrogens with one attached hydrogen (secondary N) is 2. The monoisotopic (exact) mass is 433 g/mol. The number of piperazine rings is 1. The zero-order chi connectivity index (χ0) is 22.1. The molecular formula is C24H24FN5O2. The van der Waals surface area contributed by atoms with Crippen molar-refractivity contribution < 1.29 is 9.18 Å². The van der Waals surface area contributed by atoms with Crippen molar-refractivity contribution in [2.45, 2.75) is 18.9 Å². The first kappa shape index (κ1) is 20.4. The van der Waals surface area contributed by atoms with Gasteiger partial charge in [0.15, 0.2) is 0 Å². The summed E-state index contributed by atoms with van der Waals surface area (Å²) in [5.74, 6) is -1.05. The zero-order valence-corrected chi connectivity index (χ0v) is 17.6. The molecule has 7 nitrogen and oxygen atoms in total. The number of hydrogen-bond acceptors (Lipinski definition) is 5. The molecule has 164 valence electrons. The third-order valence-electron chi connectivity index (χ3n) is 5.92. The highest BCUT2D eigenvalue weighted by Crippen LogP contribution is 2.38. The van der Waals surface area contributed by atoms with Crippen molar-refractivity contribution in [3.05, 3.63) is 75.8 Å². The highest BCUT2D eigenvalue weighted by atomic mass is 19.1. The number of pyridine rings is 1. The molecule has 1 amide bonds. The minimum Gasteiger partial charge on any atom is -0.367 e. The fourth-order valence-corrected chi connectivity index (χ4v) is 4.09. The summed E-state index contributed by atoms with van der Waals surface area (Å²) in [5, 5.41) is 7.44. The first-order valence-corrected chi connectivity index (χ1v) is 10.8. The standard InChI is InChI=1S/C24H24FN5O2/c25-20-12-18-21(13-22(20)29-10-8-26-9-11-29)30(17-6-7-17)15-19(23(18)31)24(32)28-27-14-16-4-2-1-3-5-16/h1-5,12-15,17,26H,6-11H2,(H,28,32)/b27-14+. The summed E-state index contributed by atoms with van der Waals surface area (Å²) in [6, 6.07) is 12.6. The van der Waals surface area contributed by atoms with Gasteiger partial charge in [-0.15, -0.1) is 0 Å². The number of carbonyl (C=O) groups is 1. The third-order valence-corrected chi connectivity index (χ3v) is 5.92. The van der Waals surface area contributed by atoms with Crippen molar-refractivity contribution in [1.82, 2.24) is 15.3 Å². The van der Waals surface area contributed by atoms with Crippen molar-refractivity contribution in [2.24, 2.45) is 5.10 Å². The molecule has 0 bridgehead atoms. The maximum atomic E-state index is 15.0. The van der Waals surface area contributed by atoms with Crippen LogP contribution in [0.2, 0.25) is 0 Å². The van der Waals surface area contributed by atoms with Crippen molar-refractivity contribution in [2.75, 3.05) is 31.1 Å². The molecule has 2 aromatic carbocycles. The molecule has 2 fully saturated rings. The van der Waals surface area contributed by atoms with Gasteiger partial charge in [-0.1, -0.05) is 30.3 Å². The van der Waals surface area contributed by atoms with Gasteiger partial charge in [0.1, 0.15) is 11.4 Å². The highest BCUT2D eigenvalue weighted by molar-refractivity contribution is 5.98. The van der Waals surface area contributed by atoms with Crippen LogP contribution in [-0.2, 0) is 0 Å². The predicted molar refractivity (Wildman–Crippen MR) is 123 cm³/mol. The lowest BCUT2D eigenvalue weighted by Gasteiger charge is -2.30. The average molecular weight is 433 g/mol. The quantitative estimate of drug-likeness (QED) is 0.479. The molecule has 32 heavy (non-hydrogen) atoms. The van der Waals surface area contributed by atoms with Crippen molar-refractivity contribution in [3.63, 3.8) is 0 Å². The molecule has 0 atom stereocenters. The van der Waals surface area contributed by atoms with Crippen molar-refractivity contribution in [3.8, 4) is 0 Å². The molecule has 1 saturated carbocycles. The van der Waals surface area contributed by atoms with Gasteiger partial charge >= 0.3 is 0 Å². The Morgan fingerprint density at radius 3 is 2.62 bits per heavy atom. The van der Waals surface area contributed by atoms with E-state index in [-0.39, 0.29) is 17.0 Å². The molecule has 2 N–H and O–H groups in total. The minimum atomic E-state index is -0.606. The Hall–Kier alpha value is -3.52. The number of carbonyl (C=O) groups excluding carboxylic acids is 1. The summed E-state index contributed by atoms with van der Waals surface area (Å²) in [7, 11) is 0. The van der Waals surface area contributed by atoms with E-state index >= 15 is 4.39 Å². The molecule has 0 radical (unpaired) electrons. The summed E-state index contributed by atoms with van der Waals surface area (Å²) in [6.07, 6.45) is 5.03. The fraction of sp³-hybridized carbons (Fsp3) is 0.292. The molecule has 8 heteroatoms. The number of halogens is 1. The number of hydrazone groups is 1. The van der Waals surface area contributed by atoms with Gasteiger partial charge < -0.3 is 14.8 Å². The summed E-state index contributed by atoms with van der Waals surface area (Å²) in [4.78, 5) is 27.9. The lowest BCUT2D eigenvalue weighted by Crippen LogP contribution is -2.43. The first-order valence-electron chi connectivity index (χ1n) is 10.8. The number of fused-ring (bicyclic) bond motifs is 1. The van der Waals surface area contributed by atoms with Crippen LogP contribution in [0.3, 0.4) is 0 Å². The van der Waals surface area contributed by atoms with Crippen LogP contribution in [-0.4, -0.2) is 42.9 Å². The number of amides is 1. The van der Waals surface area contributed by atoms with E-state index in [2.05, 4.69) is 15.8 Å². The molecule has 0 unspecified atom stereocenters. The Morgan fingerprint density at radius 1 is 1.16 bits per heavy atom. The number of benzene rings is 2. The van der Waals surface area contributed by atoms with Gasteiger partial charge in [-0.2, -0.15) is 5.10 Å². The smallest absolute Gasteiger partial charge is 0.276 e. The third kappa shape index (κ3) is 4.01. The Labute approximate surface area is 184 Å². The van der Waals surface area contributed by atoms with Gasteiger partial charge in [0.2, 0.25) is 5.43 Å². The number of rotatable bonds is 5. The molecule has 1 saturated heterocycles. The van der Waals surface area contributed by atoms with E-state index in [1.54, 1.807) is 12.3 Å². The van der Waals surface area contributed by atoms with Gasteiger partial charge in [-0.3, -0.25) is 9.59 Å². The Bertz CT molecular complexity index is 1240. The minimum absolute atomic E-state index is 0.0380. The maximum Gasteiger partial charge on any atom is 0.276 e. The van der Waals surface area contributed by atoms with E-state index in [1.807, 2.05) is 39.8 Å². The van der Waals surface area contributed by atoms with Crippen LogP contribution < -0.4 is 21.1 Å². The average Bonchev–Trinajstić information content (AvgIpc) is 3.66. The molecule has 1 aromatic heterocycles. The van der Waals surface area contributed by atoms with Crippen LogP contribution in [0, 0.1) is 5.82 Å². The zero-order valence-electron chi connectivity index (χ0n) is 17.6. The predicted octanol–water partition coefficient (Wildman–Crippen LogP) is 2.65. The van der Waals surface area contributed by atoms with Crippen LogP contribution >= 0.6 is 0 Å². The van der Waals surface area contributed by atoms with E-state index in [1.165, 1.54) is 12.3 Å². The van der Waals surface area contributed by atoms with E-state index in [4.69, 9.17) is 0 Å². The number of nitrogens with zero attached hydrogens (tertiary/aromatic N) is 3. The summed E-state index contributed by atoms with van der Waals surface area (Å²) < 4.78 is 17.0. The Morgan fingerprint density at radius 2 is 1.91 bits per heavy atom. The number of hydrogen-bond donors (Lipinski definition) is 2. The molecule has 0 spiro atoms. The molecule has 2 aliphatic rings. The summed E-state index contributed by atoms with van der Waals surface area (Å²) in [5.41, 5.74) is 3.88. The number of anilines is 1. The lowest BCUT2D eigenvalue weighted by molar-refractivity contribution is 0.0953. The Balaban J connectivity index is 1.51. The van der Waals surface area contributed by atoms with E-state index < -0.39 is 17.2 Å². The lowest BCUT2D eigenvalue weighted by atomic mass is 10.1. The fourth-order valence-electron chi connectivity index (χ4n) is 4.09. The van der Waals surface area contributed by atoms with Gasteiger partial charge in [0.05, 0.1) is 17.4 Å². The van der Waals surface area contributed by atoms with E-state index in [9.17, 15) is 9.59 Å². The van der Waals surface area contributed by atoms with Crippen LogP contribution in [0.1, 0.15) is 34.8 Å². The summed E-state index contributed by atoms with van der Waals surface area (Å²) >= 11 is 0. The highest BCUT2D eigenvalue weighted by Gasteiger charge is 2.28. The van der Waals surface area contributed by atoms with Crippen LogP contribution in [0.15, 0.2) is 58.6 Å². The summed E-state index contributed by atoms with van der Waals surface area (Å²) in [6.45, 7) is 2.98. The van der Waals surface area contributed by atoms with Crippen LogP contribution in [0.4, 0.5) is 10.1 Å². The van der Waals surface area contributed by atoms with E-state index in [0.717, 1.165) is 31.5 Å². The molecule has 2 heterocycles. The van der Waals surface area contributed by atoms with Crippen molar-refractivity contribution in [1.29, 1.82) is 0 Å². The van der Waals surface area contributed by atoms with E-state index in [0.29, 0.717) is 24.3 Å². The molecule has 1 aliphatic carbocycles. The molecule has 1 aliphatic heterocycles. The van der Waals surface area contributed by atoms with Crippen LogP contribution in [0.25, 0.3) is 10.9 Å². The topological polar surface area (TPSA) is 78.7 Å². The van der Waals surface area contributed by atoms with Gasteiger partial charge in [-0.05, 0) is 30.5 Å². The van der Waals surface area contributed by atoms with Crippen molar-refractivity contribution >= 4 is 28.7 Å². The second-order valence-electron chi connectivity index (χ2n) is 8.18. The maximum absolute atomic E-state index is 15.0. The molecular weight excluding hydrogens is 409 g/mol. The van der Waals surface area contributed by atoms with Gasteiger partial charge in [0.25, 0.3) is 5.91 Å². The molecule has 3 aromatic rings. The number of aromatic nitrogens is 1. The second-order valence-corrected chi connectivity index (χ2v) is 8.18. The SMILES string of the molecule is O=C(N/N=C/c1ccccc1)c1cn(C2CC2)c2cc(N3CCNCC3)c(F)cc2c1=O. The largest absolute Gasteiger partial charge is 0.367 e. The normalized spacial score (nSPS) is 16.6. The molecule has 5 rings (SSSR count). The Kier molecular flexibility index (Phi) is 5.45. The van der Waals surface area contributed by atoms with Crippen LogP contribution in [0.5, 0.6) is 0 Å². The van der Waals surface area contributed by atoms with Gasteiger partial charge in [-0.25, -0.2) is 9.82 Å². The second kappa shape index (κ2) is 8.55.